The molecule has 2 aromatic rings. The average molecular weight is 227 g/mol. The number of pyridine rings is 1. The van der Waals surface area contributed by atoms with Crippen molar-refractivity contribution in [2.45, 2.75) is 26.9 Å². The normalized spacial score (nSPS) is 12.5. The molecule has 1 heterocycles. The van der Waals surface area contributed by atoms with Crippen LogP contribution in [0.1, 0.15) is 34.1 Å². The van der Waals surface area contributed by atoms with Crippen LogP contribution < -0.4 is 0 Å². The summed E-state index contributed by atoms with van der Waals surface area (Å²) in [6, 6.07) is 9.87. The van der Waals surface area contributed by atoms with Crippen LogP contribution in [0.15, 0.2) is 36.5 Å². The maximum absolute atomic E-state index is 10.3. The number of aliphatic hydroxyl groups excluding tert-OH is 1. The van der Waals surface area contributed by atoms with Crippen molar-refractivity contribution >= 4 is 0 Å². The molecule has 17 heavy (non-hydrogen) atoms. The van der Waals surface area contributed by atoms with Gasteiger partial charge in [0.1, 0.15) is 6.10 Å². The van der Waals surface area contributed by atoms with Crippen molar-refractivity contribution in [1.29, 1.82) is 0 Å². The molecule has 1 atom stereocenters. The van der Waals surface area contributed by atoms with Gasteiger partial charge in [0.25, 0.3) is 0 Å². The molecule has 2 nitrogen and oxygen atoms in total. The lowest BCUT2D eigenvalue weighted by molar-refractivity contribution is 0.220. The topological polar surface area (TPSA) is 33.1 Å². The highest BCUT2D eigenvalue weighted by molar-refractivity contribution is 5.35. The second-order valence-corrected chi connectivity index (χ2v) is 4.48. The van der Waals surface area contributed by atoms with Crippen LogP contribution in [0.2, 0.25) is 0 Å². The van der Waals surface area contributed by atoms with Crippen molar-refractivity contribution in [3.8, 4) is 0 Å². The molecule has 2 heteroatoms. The van der Waals surface area contributed by atoms with Crippen LogP contribution in [0, 0.1) is 20.8 Å². The first-order valence-electron chi connectivity index (χ1n) is 5.75. The molecule has 0 bridgehead atoms. The summed E-state index contributed by atoms with van der Waals surface area (Å²) in [5, 5.41) is 10.3. The zero-order valence-corrected chi connectivity index (χ0v) is 10.4. The van der Waals surface area contributed by atoms with Gasteiger partial charge >= 0.3 is 0 Å². The quantitative estimate of drug-likeness (QED) is 0.855. The molecule has 0 amide bonds. The van der Waals surface area contributed by atoms with E-state index in [0.29, 0.717) is 0 Å². The lowest BCUT2D eigenvalue weighted by atomic mass is 9.99. The standard InChI is InChI=1S/C15H17NO/c1-10-4-6-13(8-11(10)2)15(17)14-7-5-12(3)16-9-14/h4-9,15,17H,1-3H3. The molecule has 1 aromatic heterocycles. The first-order valence-corrected chi connectivity index (χ1v) is 5.75. The predicted molar refractivity (Wildman–Crippen MR) is 69.0 cm³/mol. The van der Waals surface area contributed by atoms with Crippen molar-refractivity contribution in [3.63, 3.8) is 0 Å². The number of benzene rings is 1. The Hall–Kier alpha value is -1.67. The van der Waals surface area contributed by atoms with E-state index >= 15 is 0 Å². The second kappa shape index (κ2) is 4.68. The number of aryl methyl sites for hydroxylation is 3. The Kier molecular flexibility index (Phi) is 3.25. The highest BCUT2D eigenvalue weighted by atomic mass is 16.3. The van der Waals surface area contributed by atoms with Crippen LogP contribution in [0.3, 0.4) is 0 Å². The summed E-state index contributed by atoms with van der Waals surface area (Å²) in [6.45, 7) is 6.06. The van der Waals surface area contributed by atoms with E-state index in [-0.39, 0.29) is 0 Å². The molecule has 0 radical (unpaired) electrons. The van der Waals surface area contributed by atoms with Gasteiger partial charge in [-0.05, 0) is 43.5 Å². The smallest absolute Gasteiger partial charge is 0.106 e. The fraction of sp³-hybridized carbons (Fsp3) is 0.267. The third-order valence-electron chi connectivity index (χ3n) is 3.10. The lowest BCUT2D eigenvalue weighted by Crippen LogP contribution is -2.01. The number of aromatic nitrogens is 1. The van der Waals surface area contributed by atoms with E-state index in [0.717, 1.165) is 16.8 Å². The zero-order valence-electron chi connectivity index (χ0n) is 10.4. The maximum Gasteiger partial charge on any atom is 0.106 e. The molecule has 0 fully saturated rings. The monoisotopic (exact) mass is 227 g/mol. The van der Waals surface area contributed by atoms with Crippen molar-refractivity contribution in [2.24, 2.45) is 0 Å². The first kappa shape index (κ1) is 11.8. The minimum atomic E-state index is -0.595. The Morgan fingerprint density at radius 3 is 2.24 bits per heavy atom. The molecule has 0 aliphatic carbocycles. The minimum Gasteiger partial charge on any atom is -0.384 e. The molecule has 1 aromatic carbocycles. The summed E-state index contributed by atoms with van der Waals surface area (Å²) < 4.78 is 0. The van der Waals surface area contributed by atoms with Crippen molar-refractivity contribution in [1.82, 2.24) is 4.98 Å². The van der Waals surface area contributed by atoms with Gasteiger partial charge in [-0.25, -0.2) is 0 Å². The number of hydrogen-bond donors (Lipinski definition) is 1. The number of rotatable bonds is 2. The molecule has 0 aliphatic rings. The van der Waals surface area contributed by atoms with Gasteiger partial charge in [-0.15, -0.1) is 0 Å². The van der Waals surface area contributed by atoms with E-state index in [9.17, 15) is 5.11 Å². The van der Waals surface area contributed by atoms with Crippen LogP contribution in [-0.4, -0.2) is 10.1 Å². The molecule has 0 spiro atoms. The number of aliphatic hydroxyl groups is 1. The fourth-order valence-electron chi connectivity index (χ4n) is 1.77. The molecule has 2 rings (SSSR count). The molecule has 1 N–H and O–H groups in total. The number of nitrogens with zero attached hydrogens (tertiary/aromatic N) is 1. The summed E-state index contributed by atoms with van der Waals surface area (Å²) in [5.74, 6) is 0. The van der Waals surface area contributed by atoms with E-state index in [1.807, 2.05) is 37.3 Å². The van der Waals surface area contributed by atoms with E-state index in [1.165, 1.54) is 11.1 Å². The van der Waals surface area contributed by atoms with Gasteiger partial charge in [0.2, 0.25) is 0 Å². The Morgan fingerprint density at radius 1 is 0.941 bits per heavy atom. The first-order chi connectivity index (χ1) is 8.08. The van der Waals surface area contributed by atoms with Gasteiger partial charge in [-0.3, -0.25) is 4.98 Å². The Labute approximate surface area is 102 Å². The molecular formula is C15H17NO. The summed E-state index contributed by atoms with van der Waals surface area (Å²) in [6.07, 6.45) is 1.14. The second-order valence-electron chi connectivity index (χ2n) is 4.48. The van der Waals surface area contributed by atoms with Gasteiger partial charge in [0, 0.05) is 17.5 Å². The maximum atomic E-state index is 10.3. The molecule has 1 unspecified atom stereocenters. The van der Waals surface area contributed by atoms with Gasteiger partial charge in [0.15, 0.2) is 0 Å². The SMILES string of the molecule is Cc1ccc(C(O)c2ccc(C)c(C)c2)cn1. The number of hydrogen-bond acceptors (Lipinski definition) is 2. The van der Waals surface area contributed by atoms with Crippen molar-refractivity contribution in [2.75, 3.05) is 0 Å². The molecular weight excluding hydrogens is 210 g/mol. The van der Waals surface area contributed by atoms with Crippen LogP contribution in [-0.2, 0) is 0 Å². The van der Waals surface area contributed by atoms with Crippen LogP contribution in [0.5, 0.6) is 0 Å². The molecule has 0 saturated carbocycles. The average Bonchev–Trinajstić information content (AvgIpc) is 2.33. The Bertz CT molecular complexity index is 517. The largest absolute Gasteiger partial charge is 0.384 e. The predicted octanol–water partition coefficient (Wildman–Crippen LogP) is 3.09. The summed E-state index contributed by atoms with van der Waals surface area (Å²) >= 11 is 0. The summed E-state index contributed by atoms with van der Waals surface area (Å²) in [5.41, 5.74) is 5.14. The van der Waals surface area contributed by atoms with E-state index in [1.54, 1.807) is 6.20 Å². The van der Waals surface area contributed by atoms with Crippen molar-refractivity contribution < 1.29 is 5.11 Å². The van der Waals surface area contributed by atoms with E-state index in [2.05, 4.69) is 18.8 Å². The van der Waals surface area contributed by atoms with Crippen LogP contribution in [0.4, 0.5) is 0 Å². The lowest BCUT2D eigenvalue weighted by Gasteiger charge is -2.13. The Balaban J connectivity index is 2.33. The van der Waals surface area contributed by atoms with Crippen LogP contribution >= 0.6 is 0 Å². The van der Waals surface area contributed by atoms with Crippen molar-refractivity contribution in [3.05, 3.63) is 64.5 Å². The summed E-state index contributed by atoms with van der Waals surface area (Å²) in [4.78, 5) is 4.21. The van der Waals surface area contributed by atoms with E-state index < -0.39 is 6.10 Å². The third-order valence-corrected chi connectivity index (χ3v) is 3.10. The van der Waals surface area contributed by atoms with Gasteiger partial charge in [-0.2, -0.15) is 0 Å². The molecule has 0 saturated heterocycles. The highest BCUT2D eigenvalue weighted by Gasteiger charge is 2.11. The highest BCUT2D eigenvalue weighted by Crippen LogP contribution is 2.23. The van der Waals surface area contributed by atoms with Gasteiger partial charge in [-0.1, -0.05) is 24.3 Å². The minimum absolute atomic E-state index is 0.595. The fourth-order valence-corrected chi connectivity index (χ4v) is 1.77. The zero-order chi connectivity index (χ0) is 12.4. The van der Waals surface area contributed by atoms with Gasteiger partial charge in [0.05, 0.1) is 0 Å². The van der Waals surface area contributed by atoms with Gasteiger partial charge < -0.3 is 5.11 Å². The molecule has 0 aliphatic heterocycles. The Morgan fingerprint density at radius 2 is 1.65 bits per heavy atom. The van der Waals surface area contributed by atoms with Crippen LogP contribution in [0.25, 0.3) is 0 Å². The molecule has 88 valence electrons. The van der Waals surface area contributed by atoms with E-state index in [4.69, 9.17) is 0 Å². The third kappa shape index (κ3) is 2.53. The summed E-state index contributed by atoms with van der Waals surface area (Å²) in [7, 11) is 0.